The number of methoxy groups -OCH3 is 1. The van der Waals surface area contributed by atoms with E-state index in [1.54, 1.807) is 18.4 Å². The van der Waals surface area contributed by atoms with Crippen LogP contribution in [0.15, 0.2) is 35.0 Å². The van der Waals surface area contributed by atoms with Crippen molar-refractivity contribution in [2.24, 2.45) is 0 Å². The van der Waals surface area contributed by atoms with Gasteiger partial charge in [0.15, 0.2) is 11.5 Å². The smallest absolute Gasteiger partial charge is 0.166 e. The van der Waals surface area contributed by atoms with E-state index in [4.69, 9.17) is 9.47 Å². The maximum absolute atomic E-state index is 5.98. The van der Waals surface area contributed by atoms with Crippen LogP contribution in [0.4, 0.5) is 0 Å². The first kappa shape index (κ1) is 14.9. The molecule has 0 saturated carbocycles. The molecule has 0 spiro atoms. The van der Waals surface area contributed by atoms with Crippen molar-refractivity contribution >= 4 is 11.3 Å². The van der Waals surface area contributed by atoms with Crippen LogP contribution in [0, 0.1) is 0 Å². The fourth-order valence-electron chi connectivity index (χ4n) is 1.96. The van der Waals surface area contributed by atoms with Gasteiger partial charge in [0.2, 0.25) is 0 Å². The van der Waals surface area contributed by atoms with Gasteiger partial charge in [-0.3, -0.25) is 0 Å². The molecule has 1 aromatic carbocycles. The van der Waals surface area contributed by atoms with E-state index in [9.17, 15) is 0 Å². The van der Waals surface area contributed by atoms with Crippen LogP contribution in [0.2, 0.25) is 0 Å². The highest BCUT2D eigenvalue weighted by molar-refractivity contribution is 7.07. The zero-order valence-electron chi connectivity index (χ0n) is 12.0. The van der Waals surface area contributed by atoms with E-state index in [0.29, 0.717) is 6.61 Å². The molecule has 0 aliphatic carbocycles. The topological polar surface area (TPSA) is 30.5 Å². The fourth-order valence-corrected chi connectivity index (χ4v) is 2.61. The van der Waals surface area contributed by atoms with Crippen molar-refractivity contribution in [1.29, 1.82) is 0 Å². The zero-order valence-corrected chi connectivity index (χ0v) is 12.8. The molecular weight excluding hydrogens is 270 g/mol. The van der Waals surface area contributed by atoms with Crippen molar-refractivity contribution in [3.63, 3.8) is 0 Å². The SMILES string of the molecule is CCCNCc1cccc(OC)c1OCc1ccsc1. The summed E-state index contributed by atoms with van der Waals surface area (Å²) in [4.78, 5) is 0. The lowest BCUT2D eigenvalue weighted by molar-refractivity contribution is 0.281. The number of para-hydroxylation sites is 1. The lowest BCUT2D eigenvalue weighted by Crippen LogP contribution is -2.15. The quantitative estimate of drug-likeness (QED) is 0.750. The van der Waals surface area contributed by atoms with Crippen molar-refractivity contribution in [2.45, 2.75) is 26.5 Å². The Morgan fingerprint density at radius 1 is 1.25 bits per heavy atom. The molecule has 1 heterocycles. The maximum Gasteiger partial charge on any atom is 0.166 e. The van der Waals surface area contributed by atoms with Crippen LogP contribution < -0.4 is 14.8 Å². The Morgan fingerprint density at radius 3 is 2.85 bits per heavy atom. The van der Waals surface area contributed by atoms with Crippen molar-refractivity contribution in [3.8, 4) is 11.5 Å². The molecule has 0 fully saturated rings. The second-order valence-corrected chi connectivity index (χ2v) is 5.33. The number of hydrogen-bond acceptors (Lipinski definition) is 4. The van der Waals surface area contributed by atoms with Gasteiger partial charge in [0, 0.05) is 12.1 Å². The molecule has 0 amide bonds. The van der Waals surface area contributed by atoms with E-state index < -0.39 is 0 Å². The molecule has 0 saturated heterocycles. The minimum Gasteiger partial charge on any atom is -0.493 e. The molecule has 0 aliphatic rings. The standard InChI is InChI=1S/C16H21NO2S/c1-3-8-17-10-14-5-4-6-15(18-2)16(14)19-11-13-7-9-20-12-13/h4-7,9,12,17H,3,8,10-11H2,1-2H3. The number of thiophene rings is 1. The predicted octanol–water partition coefficient (Wildman–Crippen LogP) is 3.84. The third-order valence-electron chi connectivity index (χ3n) is 2.99. The monoisotopic (exact) mass is 291 g/mol. The summed E-state index contributed by atoms with van der Waals surface area (Å²) in [6.45, 7) is 4.53. The van der Waals surface area contributed by atoms with Gasteiger partial charge in [-0.15, -0.1) is 0 Å². The van der Waals surface area contributed by atoms with Crippen molar-refractivity contribution in [2.75, 3.05) is 13.7 Å². The fraction of sp³-hybridized carbons (Fsp3) is 0.375. The van der Waals surface area contributed by atoms with Crippen LogP contribution >= 0.6 is 11.3 Å². The summed E-state index contributed by atoms with van der Waals surface area (Å²) in [6, 6.07) is 8.09. The van der Waals surface area contributed by atoms with Crippen molar-refractivity contribution in [3.05, 3.63) is 46.2 Å². The third-order valence-corrected chi connectivity index (χ3v) is 3.72. The molecule has 3 nitrogen and oxygen atoms in total. The van der Waals surface area contributed by atoms with Crippen LogP contribution in [-0.4, -0.2) is 13.7 Å². The molecule has 2 aromatic rings. The Morgan fingerprint density at radius 2 is 2.15 bits per heavy atom. The predicted molar refractivity (Wildman–Crippen MR) is 83.6 cm³/mol. The van der Waals surface area contributed by atoms with E-state index in [-0.39, 0.29) is 0 Å². The average Bonchev–Trinajstić information content (AvgIpc) is 2.99. The second kappa shape index (κ2) is 7.92. The van der Waals surface area contributed by atoms with Crippen molar-refractivity contribution < 1.29 is 9.47 Å². The van der Waals surface area contributed by atoms with Gasteiger partial charge in [0.25, 0.3) is 0 Å². The molecule has 0 radical (unpaired) electrons. The highest BCUT2D eigenvalue weighted by Gasteiger charge is 2.10. The number of rotatable bonds is 8. The van der Waals surface area contributed by atoms with Crippen LogP contribution in [0.5, 0.6) is 11.5 Å². The van der Waals surface area contributed by atoms with E-state index in [0.717, 1.165) is 36.6 Å². The van der Waals surface area contributed by atoms with Crippen molar-refractivity contribution in [1.82, 2.24) is 5.32 Å². The highest BCUT2D eigenvalue weighted by atomic mass is 32.1. The largest absolute Gasteiger partial charge is 0.493 e. The van der Waals surface area contributed by atoms with E-state index >= 15 is 0 Å². The first-order valence-electron chi connectivity index (χ1n) is 6.85. The van der Waals surface area contributed by atoms with Gasteiger partial charge in [0.05, 0.1) is 7.11 Å². The first-order valence-corrected chi connectivity index (χ1v) is 7.80. The van der Waals surface area contributed by atoms with E-state index in [1.165, 1.54) is 5.56 Å². The Bertz CT molecular complexity index is 511. The molecule has 4 heteroatoms. The zero-order chi connectivity index (χ0) is 14.2. The van der Waals surface area contributed by atoms with Gasteiger partial charge < -0.3 is 14.8 Å². The van der Waals surface area contributed by atoms with Gasteiger partial charge in [-0.1, -0.05) is 19.1 Å². The summed E-state index contributed by atoms with van der Waals surface area (Å²) < 4.78 is 11.4. The van der Waals surface area contributed by atoms with Gasteiger partial charge in [-0.05, 0) is 41.4 Å². The lowest BCUT2D eigenvalue weighted by Gasteiger charge is -2.15. The van der Waals surface area contributed by atoms with Gasteiger partial charge in [-0.25, -0.2) is 0 Å². The molecule has 0 bridgehead atoms. The summed E-state index contributed by atoms with van der Waals surface area (Å²) in [7, 11) is 1.68. The number of nitrogens with one attached hydrogen (secondary N) is 1. The summed E-state index contributed by atoms with van der Waals surface area (Å²) in [5.41, 5.74) is 2.32. The van der Waals surface area contributed by atoms with E-state index in [1.807, 2.05) is 12.1 Å². The molecule has 1 N–H and O–H groups in total. The molecular formula is C16H21NO2S. The maximum atomic E-state index is 5.98. The molecule has 20 heavy (non-hydrogen) atoms. The first-order chi connectivity index (χ1) is 9.85. The third kappa shape index (κ3) is 3.99. The Balaban J connectivity index is 2.10. The Labute approximate surface area is 124 Å². The summed E-state index contributed by atoms with van der Waals surface area (Å²) >= 11 is 1.68. The molecule has 108 valence electrons. The minimum atomic E-state index is 0.574. The lowest BCUT2D eigenvalue weighted by atomic mass is 10.2. The second-order valence-electron chi connectivity index (χ2n) is 4.55. The molecule has 0 unspecified atom stereocenters. The Kier molecular flexibility index (Phi) is 5.89. The normalized spacial score (nSPS) is 10.5. The summed E-state index contributed by atoms with van der Waals surface area (Å²) in [5, 5.41) is 7.56. The van der Waals surface area contributed by atoms with Gasteiger partial charge in [-0.2, -0.15) is 11.3 Å². The number of ether oxygens (including phenoxy) is 2. The summed E-state index contributed by atoms with van der Waals surface area (Å²) in [6.07, 6.45) is 1.12. The highest BCUT2D eigenvalue weighted by Crippen LogP contribution is 2.31. The van der Waals surface area contributed by atoms with Gasteiger partial charge in [0.1, 0.15) is 6.61 Å². The average molecular weight is 291 g/mol. The van der Waals surface area contributed by atoms with Crippen LogP contribution in [0.25, 0.3) is 0 Å². The van der Waals surface area contributed by atoms with E-state index in [2.05, 4.69) is 35.1 Å². The molecule has 2 rings (SSSR count). The van der Waals surface area contributed by atoms with Crippen LogP contribution in [-0.2, 0) is 13.2 Å². The molecule has 1 aromatic heterocycles. The minimum absolute atomic E-state index is 0.574. The molecule has 0 atom stereocenters. The number of benzene rings is 1. The van der Waals surface area contributed by atoms with Crippen LogP contribution in [0.1, 0.15) is 24.5 Å². The Hall–Kier alpha value is -1.52. The summed E-state index contributed by atoms with van der Waals surface area (Å²) in [5.74, 6) is 1.63. The molecule has 0 aliphatic heterocycles. The van der Waals surface area contributed by atoms with Crippen LogP contribution in [0.3, 0.4) is 0 Å². The van der Waals surface area contributed by atoms with Gasteiger partial charge >= 0.3 is 0 Å². The number of hydrogen-bond donors (Lipinski definition) is 1.